The summed E-state index contributed by atoms with van der Waals surface area (Å²) in [5, 5.41) is 0. The van der Waals surface area contributed by atoms with Gasteiger partial charge in [-0.15, -0.1) is 0 Å². The highest BCUT2D eigenvalue weighted by atomic mass is 19.1. The number of nitrogens with zero attached hydrogens (tertiary/aromatic N) is 1. The highest BCUT2D eigenvalue weighted by molar-refractivity contribution is 5.87. The third-order valence-corrected chi connectivity index (χ3v) is 2.89. The molecule has 0 aliphatic carbocycles. The lowest BCUT2D eigenvalue weighted by Crippen LogP contribution is -1.93. The minimum absolute atomic E-state index is 0.221. The van der Waals surface area contributed by atoms with E-state index in [1.54, 1.807) is 13.0 Å². The van der Waals surface area contributed by atoms with Gasteiger partial charge in [-0.1, -0.05) is 36.4 Å². The summed E-state index contributed by atoms with van der Waals surface area (Å²) in [6, 6.07) is 4.96. The Morgan fingerprint density at radius 1 is 1.35 bits per heavy atom. The van der Waals surface area contributed by atoms with Gasteiger partial charge in [-0.25, -0.2) is 4.39 Å². The molecule has 2 heteroatoms. The summed E-state index contributed by atoms with van der Waals surface area (Å²) >= 11 is 0. The van der Waals surface area contributed by atoms with Crippen LogP contribution in [-0.2, 0) is 0 Å². The molecular weight excluding hydrogens is 249 g/mol. The molecule has 1 nitrogen and oxygen atoms in total. The quantitative estimate of drug-likeness (QED) is 0.481. The SMILES string of the molecule is C=C(/C=C(C)\C=C\C)CC(C)=Nc1cccc(F)c1C. The van der Waals surface area contributed by atoms with E-state index in [1.807, 2.05) is 45.1 Å². The number of benzene rings is 1. The van der Waals surface area contributed by atoms with Gasteiger partial charge >= 0.3 is 0 Å². The summed E-state index contributed by atoms with van der Waals surface area (Å²) in [6.45, 7) is 11.7. The van der Waals surface area contributed by atoms with E-state index in [0.717, 1.165) is 16.9 Å². The lowest BCUT2D eigenvalue weighted by molar-refractivity contribution is 0.619. The summed E-state index contributed by atoms with van der Waals surface area (Å²) < 4.78 is 13.4. The van der Waals surface area contributed by atoms with Crippen LogP contribution in [0.5, 0.6) is 0 Å². The third kappa shape index (κ3) is 4.96. The van der Waals surface area contributed by atoms with Crippen molar-refractivity contribution in [2.45, 2.75) is 34.1 Å². The first-order chi connectivity index (χ1) is 9.43. The average Bonchev–Trinajstić information content (AvgIpc) is 2.34. The van der Waals surface area contributed by atoms with Crippen LogP contribution < -0.4 is 0 Å². The van der Waals surface area contributed by atoms with Crippen LogP contribution in [0.15, 0.2) is 59.1 Å². The van der Waals surface area contributed by atoms with Crippen molar-refractivity contribution in [1.29, 1.82) is 0 Å². The van der Waals surface area contributed by atoms with Gasteiger partial charge in [0.1, 0.15) is 5.82 Å². The predicted molar refractivity (Wildman–Crippen MR) is 86.2 cm³/mol. The molecule has 0 radical (unpaired) electrons. The number of allylic oxidation sites excluding steroid dienone is 5. The van der Waals surface area contributed by atoms with Crippen LogP contribution in [0, 0.1) is 12.7 Å². The molecule has 0 N–H and O–H groups in total. The molecule has 0 unspecified atom stereocenters. The van der Waals surface area contributed by atoms with Crippen molar-refractivity contribution in [3.05, 3.63) is 65.5 Å². The summed E-state index contributed by atoms with van der Waals surface area (Å²) in [7, 11) is 0. The molecule has 0 aliphatic heterocycles. The molecular formula is C18H22FN. The van der Waals surface area contributed by atoms with Crippen LogP contribution in [0.2, 0.25) is 0 Å². The minimum Gasteiger partial charge on any atom is -0.257 e. The molecule has 0 heterocycles. The summed E-state index contributed by atoms with van der Waals surface area (Å²) in [4.78, 5) is 4.48. The van der Waals surface area contributed by atoms with E-state index in [2.05, 4.69) is 11.6 Å². The van der Waals surface area contributed by atoms with E-state index in [9.17, 15) is 4.39 Å². The number of halogens is 1. The highest BCUT2D eigenvalue weighted by Gasteiger charge is 2.03. The number of rotatable bonds is 5. The monoisotopic (exact) mass is 271 g/mol. The van der Waals surface area contributed by atoms with Crippen molar-refractivity contribution in [2.75, 3.05) is 0 Å². The Kier molecular flexibility index (Phi) is 6.10. The van der Waals surface area contributed by atoms with Crippen LogP contribution in [0.1, 0.15) is 32.8 Å². The molecule has 0 spiro atoms. The topological polar surface area (TPSA) is 12.4 Å². The first-order valence-electron chi connectivity index (χ1n) is 6.72. The molecule has 0 saturated heterocycles. The van der Waals surface area contributed by atoms with Crippen molar-refractivity contribution in [2.24, 2.45) is 4.99 Å². The maximum atomic E-state index is 13.4. The summed E-state index contributed by atoms with van der Waals surface area (Å²) in [6.07, 6.45) is 6.76. The van der Waals surface area contributed by atoms with Crippen LogP contribution in [0.25, 0.3) is 0 Å². The standard InChI is InChI=1S/C18H22FN/c1-6-8-13(2)11-14(3)12-15(4)20-18-10-7-9-17(19)16(18)5/h6-11H,3,12H2,1-2,4-5H3/b8-6+,13-11-,20-15?. The van der Waals surface area contributed by atoms with Gasteiger partial charge in [-0.3, -0.25) is 4.99 Å². The third-order valence-electron chi connectivity index (χ3n) is 2.89. The van der Waals surface area contributed by atoms with Gasteiger partial charge in [0.15, 0.2) is 0 Å². The van der Waals surface area contributed by atoms with Crippen LogP contribution in [0.4, 0.5) is 10.1 Å². The van der Waals surface area contributed by atoms with Crippen LogP contribution >= 0.6 is 0 Å². The maximum Gasteiger partial charge on any atom is 0.128 e. The van der Waals surface area contributed by atoms with Crippen LogP contribution in [0.3, 0.4) is 0 Å². The van der Waals surface area contributed by atoms with Crippen LogP contribution in [-0.4, -0.2) is 5.71 Å². The fourth-order valence-corrected chi connectivity index (χ4v) is 1.97. The molecule has 1 rings (SSSR count). The lowest BCUT2D eigenvalue weighted by atomic mass is 10.1. The van der Waals surface area contributed by atoms with E-state index < -0.39 is 0 Å². The molecule has 0 fully saturated rings. The average molecular weight is 271 g/mol. The molecule has 0 amide bonds. The second-order valence-corrected chi connectivity index (χ2v) is 4.95. The van der Waals surface area contributed by atoms with E-state index in [-0.39, 0.29) is 5.82 Å². The van der Waals surface area contributed by atoms with Crippen molar-refractivity contribution in [3.8, 4) is 0 Å². The second kappa shape index (κ2) is 7.59. The first kappa shape index (κ1) is 16.1. The fraction of sp³-hybridized carbons (Fsp3) is 0.278. The molecule has 1 aromatic rings. The zero-order valence-electron chi connectivity index (χ0n) is 12.7. The predicted octanol–water partition coefficient (Wildman–Crippen LogP) is 5.70. The normalized spacial score (nSPS) is 13.1. The Hall–Kier alpha value is -1.96. The zero-order chi connectivity index (χ0) is 15.1. The number of aliphatic imine (C=N–C) groups is 1. The lowest BCUT2D eigenvalue weighted by Gasteiger charge is -2.05. The minimum atomic E-state index is -0.221. The number of hydrogen-bond donors (Lipinski definition) is 0. The fourth-order valence-electron chi connectivity index (χ4n) is 1.97. The first-order valence-corrected chi connectivity index (χ1v) is 6.72. The van der Waals surface area contributed by atoms with Gasteiger partial charge in [0, 0.05) is 17.7 Å². The van der Waals surface area contributed by atoms with Gasteiger partial charge in [0.25, 0.3) is 0 Å². The van der Waals surface area contributed by atoms with Gasteiger partial charge < -0.3 is 0 Å². The largest absolute Gasteiger partial charge is 0.257 e. The molecule has 0 atom stereocenters. The Morgan fingerprint density at radius 2 is 2.05 bits per heavy atom. The van der Waals surface area contributed by atoms with E-state index >= 15 is 0 Å². The van der Waals surface area contributed by atoms with Crippen molar-refractivity contribution in [3.63, 3.8) is 0 Å². The molecule has 0 bridgehead atoms. The van der Waals surface area contributed by atoms with E-state index in [4.69, 9.17) is 0 Å². The Balaban J connectivity index is 2.83. The zero-order valence-corrected chi connectivity index (χ0v) is 12.7. The highest BCUT2D eigenvalue weighted by Crippen LogP contribution is 2.21. The molecule has 0 aromatic heterocycles. The smallest absolute Gasteiger partial charge is 0.128 e. The molecule has 1 aromatic carbocycles. The summed E-state index contributed by atoms with van der Waals surface area (Å²) in [5.41, 5.74) is 4.35. The maximum absolute atomic E-state index is 13.4. The summed E-state index contributed by atoms with van der Waals surface area (Å²) in [5.74, 6) is -0.221. The Labute approximate surface area is 121 Å². The Bertz CT molecular complexity index is 577. The number of hydrogen-bond acceptors (Lipinski definition) is 1. The van der Waals surface area contributed by atoms with Gasteiger partial charge in [0.2, 0.25) is 0 Å². The molecule has 106 valence electrons. The van der Waals surface area contributed by atoms with Gasteiger partial charge in [-0.05, 0) is 45.4 Å². The Morgan fingerprint density at radius 3 is 2.70 bits per heavy atom. The van der Waals surface area contributed by atoms with Crippen molar-refractivity contribution >= 4 is 11.4 Å². The molecule has 20 heavy (non-hydrogen) atoms. The van der Waals surface area contributed by atoms with E-state index in [0.29, 0.717) is 17.7 Å². The second-order valence-electron chi connectivity index (χ2n) is 4.95. The van der Waals surface area contributed by atoms with E-state index in [1.165, 1.54) is 6.07 Å². The van der Waals surface area contributed by atoms with Crippen molar-refractivity contribution < 1.29 is 4.39 Å². The van der Waals surface area contributed by atoms with Gasteiger partial charge in [0.05, 0.1) is 5.69 Å². The van der Waals surface area contributed by atoms with Crippen molar-refractivity contribution in [1.82, 2.24) is 0 Å². The van der Waals surface area contributed by atoms with Gasteiger partial charge in [-0.2, -0.15) is 0 Å². The molecule has 0 aliphatic rings. The molecule has 0 saturated carbocycles.